The van der Waals surface area contributed by atoms with Crippen LogP contribution in [0, 0.1) is 0 Å². The van der Waals surface area contributed by atoms with Crippen LogP contribution in [0.2, 0.25) is 5.15 Å². The fraction of sp³-hybridized carbons (Fsp3) is 0.389. The molecule has 0 aliphatic carbocycles. The van der Waals surface area contributed by atoms with E-state index >= 15 is 0 Å². The smallest absolute Gasteiger partial charge is 0.233 e. The summed E-state index contributed by atoms with van der Waals surface area (Å²) in [6.07, 6.45) is 3.27. The number of fused-ring (bicyclic) bond motifs is 1. The highest BCUT2D eigenvalue weighted by Crippen LogP contribution is 2.33. The van der Waals surface area contributed by atoms with Crippen molar-refractivity contribution in [3.8, 4) is 0 Å². The van der Waals surface area contributed by atoms with Gasteiger partial charge in [0.1, 0.15) is 11.0 Å². The van der Waals surface area contributed by atoms with Crippen LogP contribution in [-0.4, -0.2) is 24.6 Å². The number of aryl methyl sites for hydroxylation is 1. The first-order valence-corrected chi connectivity index (χ1v) is 8.82. The quantitative estimate of drug-likeness (QED) is 0.716. The number of benzene rings is 1. The zero-order valence-electron chi connectivity index (χ0n) is 14.3. The largest absolute Gasteiger partial charge is 0.424 e. The molecule has 0 amide bonds. The lowest BCUT2D eigenvalue weighted by atomic mass is 9.94. The Hall–Kier alpha value is -2.18. The Morgan fingerprint density at radius 1 is 1.24 bits per heavy atom. The van der Waals surface area contributed by atoms with Crippen LogP contribution in [0.5, 0.6) is 0 Å². The standard InChI is InChI=1S/C18H20ClN5O/c1-3-17-21-22-18(25-17)14-8-12-6-4-5-7-13(12)10-24(14)11-16-20-9-15(19)23(16)2/h4-7,9,14H,3,8,10-11H2,1-2H3/t14-/m0/s1. The molecule has 0 saturated carbocycles. The maximum Gasteiger partial charge on any atom is 0.233 e. The van der Waals surface area contributed by atoms with Crippen LogP contribution < -0.4 is 0 Å². The van der Waals surface area contributed by atoms with Gasteiger partial charge < -0.3 is 8.98 Å². The second-order valence-corrected chi connectivity index (χ2v) is 6.72. The topological polar surface area (TPSA) is 60.0 Å². The number of halogens is 1. The molecule has 2 aromatic heterocycles. The monoisotopic (exact) mass is 357 g/mol. The molecule has 4 rings (SSSR count). The molecule has 3 aromatic rings. The van der Waals surface area contributed by atoms with Gasteiger partial charge in [0, 0.05) is 20.0 Å². The van der Waals surface area contributed by atoms with E-state index in [1.807, 2.05) is 18.5 Å². The molecule has 0 spiro atoms. The van der Waals surface area contributed by atoms with Gasteiger partial charge in [0.15, 0.2) is 0 Å². The average molecular weight is 358 g/mol. The number of hydrogen-bond donors (Lipinski definition) is 0. The predicted octanol–water partition coefficient (Wildman–Crippen LogP) is 3.32. The molecule has 7 heteroatoms. The molecule has 3 heterocycles. The van der Waals surface area contributed by atoms with Gasteiger partial charge in [-0.3, -0.25) is 4.90 Å². The van der Waals surface area contributed by atoms with Crippen LogP contribution in [0.15, 0.2) is 34.9 Å². The van der Waals surface area contributed by atoms with Gasteiger partial charge in [-0.15, -0.1) is 10.2 Å². The van der Waals surface area contributed by atoms with E-state index < -0.39 is 0 Å². The molecular weight excluding hydrogens is 338 g/mol. The van der Waals surface area contributed by atoms with Crippen LogP contribution in [0.4, 0.5) is 0 Å². The maximum absolute atomic E-state index is 6.14. The summed E-state index contributed by atoms with van der Waals surface area (Å²) in [6, 6.07) is 8.55. The summed E-state index contributed by atoms with van der Waals surface area (Å²) in [6.45, 7) is 3.50. The second-order valence-electron chi connectivity index (χ2n) is 6.34. The highest BCUT2D eigenvalue weighted by molar-refractivity contribution is 6.29. The molecule has 0 radical (unpaired) electrons. The first-order valence-electron chi connectivity index (χ1n) is 8.45. The molecule has 1 aliphatic heterocycles. The zero-order chi connectivity index (χ0) is 17.4. The van der Waals surface area contributed by atoms with E-state index in [1.165, 1.54) is 11.1 Å². The van der Waals surface area contributed by atoms with E-state index in [1.54, 1.807) is 6.20 Å². The van der Waals surface area contributed by atoms with E-state index in [4.69, 9.17) is 16.0 Å². The van der Waals surface area contributed by atoms with Crippen LogP contribution in [0.25, 0.3) is 0 Å². The Morgan fingerprint density at radius 2 is 2.04 bits per heavy atom. The number of nitrogens with zero attached hydrogens (tertiary/aromatic N) is 5. The second kappa shape index (κ2) is 6.61. The first kappa shape index (κ1) is 16.3. The van der Waals surface area contributed by atoms with Gasteiger partial charge in [0.05, 0.1) is 18.8 Å². The van der Waals surface area contributed by atoms with Gasteiger partial charge in [-0.05, 0) is 17.5 Å². The minimum Gasteiger partial charge on any atom is -0.424 e. The summed E-state index contributed by atoms with van der Waals surface area (Å²) in [5.41, 5.74) is 2.66. The molecule has 25 heavy (non-hydrogen) atoms. The summed E-state index contributed by atoms with van der Waals surface area (Å²) < 4.78 is 7.78. The van der Waals surface area contributed by atoms with E-state index in [0.29, 0.717) is 23.5 Å². The average Bonchev–Trinajstić information content (AvgIpc) is 3.23. The summed E-state index contributed by atoms with van der Waals surface area (Å²) in [4.78, 5) is 6.76. The third-order valence-corrected chi connectivity index (χ3v) is 5.14. The summed E-state index contributed by atoms with van der Waals surface area (Å²) in [5.74, 6) is 2.27. The van der Waals surface area contributed by atoms with Gasteiger partial charge >= 0.3 is 0 Å². The SMILES string of the molecule is CCc1nnc([C@@H]2Cc3ccccc3CN2Cc2ncc(Cl)n2C)o1. The van der Waals surface area contributed by atoms with Crippen molar-refractivity contribution in [2.24, 2.45) is 7.05 Å². The highest BCUT2D eigenvalue weighted by atomic mass is 35.5. The normalized spacial score (nSPS) is 17.6. The summed E-state index contributed by atoms with van der Waals surface area (Å²) in [5, 5.41) is 9.07. The molecule has 1 aliphatic rings. The molecule has 1 atom stereocenters. The van der Waals surface area contributed by atoms with E-state index in [-0.39, 0.29) is 6.04 Å². The van der Waals surface area contributed by atoms with Crippen LogP contribution in [0.3, 0.4) is 0 Å². The van der Waals surface area contributed by atoms with E-state index in [0.717, 1.165) is 25.2 Å². The third-order valence-electron chi connectivity index (χ3n) is 4.79. The number of rotatable bonds is 4. The summed E-state index contributed by atoms with van der Waals surface area (Å²) >= 11 is 6.14. The molecule has 0 unspecified atom stereocenters. The van der Waals surface area contributed by atoms with Crippen molar-refractivity contribution in [1.29, 1.82) is 0 Å². The number of imidazole rings is 1. The zero-order valence-corrected chi connectivity index (χ0v) is 15.1. The minimum absolute atomic E-state index is 0.0400. The number of hydrogen-bond acceptors (Lipinski definition) is 5. The van der Waals surface area contributed by atoms with Crippen molar-refractivity contribution in [3.05, 3.63) is 64.3 Å². The van der Waals surface area contributed by atoms with Crippen LogP contribution in [-0.2, 0) is 33.0 Å². The summed E-state index contributed by atoms with van der Waals surface area (Å²) in [7, 11) is 1.93. The fourth-order valence-electron chi connectivity index (χ4n) is 3.28. The molecule has 6 nitrogen and oxygen atoms in total. The van der Waals surface area contributed by atoms with Crippen molar-refractivity contribution < 1.29 is 4.42 Å². The van der Waals surface area contributed by atoms with E-state index in [2.05, 4.69) is 44.3 Å². The van der Waals surface area contributed by atoms with Gasteiger partial charge in [0.25, 0.3) is 0 Å². The highest BCUT2D eigenvalue weighted by Gasteiger charge is 2.32. The van der Waals surface area contributed by atoms with Gasteiger partial charge in [-0.2, -0.15) is 0 Å². The van der Waals surface area contributed by atoms with Crippen molar-refractivity contribution in [2.45, 2.75) is 38.9 Å². The van der Waals surface area contributed by atoms with Gasteiger partial charge in [-0.1, -0.05) is 42.8 Å². The first-order chi connectivity index (χ1) is 12.2. The van der Waals surface area contributed by atoms with Crippen molar-refractivity contribution in [1.82, 2.24) is 24.6 Å². The lowest BCUT2D eigenvalue weighted by Gasteiger charge is -2.34. The molecule has 1 aromatic carbocycles. The van der Waals surface area contributed by atoms with Gasteiger partial charge in [0.2, 0.25) is 11.8 Å². The Balaban J connectivity index is 1.68. The van der Waals surface area contributed by atoms with Crippen LogP contribution >= 0.6 is 11.6 Å². The molecular formula is C18H20ClN5O. The Bertz CT molecular complexity index is 887. The fourth-order valence-corrected chi connectivity index (χ4v) is 3.43. The van der Waals surface area contributed by atoms with Crippen molar-refractivity contribution in [3.63, 3.8) is 0 Å². The molecule has 0 N–H and O–H groups in total. The molecule has 0 saturated heterocycles. The van der Waals surface area contributed by atoms with Crippen molar-refractivity contribution >= 4 is 11.6 Å². The van der Waals surface area contributed by atoms with Crippen LogP contribution in [0.1, 0.15) is 41.7 Å². The molecule has 0 fully saturated rings. The Labute approximate surface area is 151 Å². The minimum atomic E-state index is 0.0400. The number of aromatic nitrogens is 4. The predicted molar refractivity (Wildman–Crippen MR) is 94.0 cm³/mol. The lowest BCUT2D eigenvalue weighted by molar-refractivity contribution is 0.132. The molecule has 0 bridgehead atoms. The van der Waals surface area contributed by atoms with E-state index in [9.17, 15) is 0 Å². The Morgan fingerprint density at radius 3 is 2.72 bits per heavy atom. The third kappa shape index (κ3) is 3.07. The maximum atomic E-state index is 6.14. The Kier molecular flexibility index (Phi) is 4.31. The van der Waals surface area contributed by atoms with Gasteiger partial charge in [-0.25, -0.2) is 4.98 Å². The molecule has 130 valence electrons. The van der Waals surface area contributed by atoms with Crippen molar-refractivity contribution in [2.75, 3.05) is 0 Å². The lowest BCUT2D eigenvalue weighted by Crippen LogP contribution is -2.34.